The van der Waals surface area contributed by atoms with Crippen molar-refractivity contribution < 1.29 is 14.4 Å². The molecule has 0 spiro atoms. The van der Waals surface area contributed by atoms with Crippen LogP contribution in [0.5, 0.6) is 0 Å². The molecule has 0 radical (unpaired) electrons. The van der Waals surface area contributed by atoms with Crippen molar-refractivity contribution in [2.75, 3.05) is 6.54 Å². The molecule has 0 unspecified atom stereocenters. The number of amides is 2. The molecule has 1 heterocycles. The van der Waals surface area contributed by atoms with Gasteiger partial charge in [-0.3, -0.25) is 14.4 Å². The second kappa shape index (κ2) is 7.04. The minimum Gasteiger partial charge on any atom is -0.347 e. The molecule has 0 saturated heterocycles. The molecule has 0 aliphatic rings. The Labute approximate surface area is 116 Å². The van der Waals surface area contributed by atoms with E-state index < -0.39 is 11.8 Å². The fraction of sp³-hybridized carbons (Fsp3) is 0.462. The van der Waals surface area contributed by atoms with Gasteiger partial charge in [0.05, 0.1) is 4.88 Å². The molecular weight excluding hydrogens is 264 g/mol. The van der Waals surface area contributed by atoms with Gasteiger partial charge in [-0.05, 0) is 39.3 Å². The van der Waals surface area contributed by atoms with Gasteiger partial charge in [-0.1, -0.05) is 0 Å². The summed E-state index contributed by atoms with van der Waals surface area (Å²) in [7, 11) is 0. The van der Waals surface area contributed by atoms with Crippen LogP contribution in [-0.2, 0) is 16.0 Å². The summed E-state index contributed by atoms with van der Waals surface area (Å²) in [5.74, 6) is -1.21. The standard InChI is InChI=1S/C13H18N2O3S/c1-8(2)15-13(18)12(17)14-7-6-10-4-5-11(19-10)9(3)16/h4-5,8H,6-7H2,1-3H3,(H,14,17)(H,15,18). The van der Waals surface area contributed by atoms with Gasteiger partial charge in [0.1, 0.15) is 0 Å². The van der Waals surface area contributed by atoms with E-state index in [2.05, 4.69) is 10.6 Å². The monoisotopic (exact) mass is 282 g/mol. The molecule has 0 aliphatic heterocycles. The molecule has 2 amide bonds. The Kier molecular flexibility index (Phi) is 5.69. The average molecular weight is 282 g/mol. The van der Waals surface area contributed by atoms with Crippen LogP contribution in [0.3, 0.4) is 0 Å². The zero-order valence-corrected chi connectivity index (χ0v) is 12.1. The lowest BCUT2D eigenvalue weighted by Crippen LogP contribution is -2.43. The Hall–Kier alpha value is -1.69. The second-order valence-corrected chi connectivity index (χ2v) is 5.62. The summed E-state index contributed by atoms with van der Waals surface area (Å²) in [5.41, 5.74) is 0. The number of carbonyl (C=O) groups is 3. The molecule has 0 aliphatic carbocycles. The lowest BCUT2D eigenvalue weighted by atomic mass is 10.3. The first-order valence-corrected chi connectivity index (χ1v) is 6.90. The Bertz CT molecular complexity index is 480. The first-order valence-electron chi connectivity index (χ1n) is 6.08. The molecule has 5 nitrogen and oxygen atoms in total. The summed E-state index contributed by atoms with van der Waals surface area (Å²) in [6.07, 6.45) is 0.610. The normalized spacial score (nSPS) is 10.3. The third kappa shape index (κ3) is 5.21. The summed E-state index contributed by atoms with van der Waals surface area (Å²) in [6, 6.07) is 3.57. The van der Waals surface area contributed by atoms with E-state index in [1.54, 1.807) is 19.9 Å². The van der Waals surface area contributed by atoms with Gasteiger partial charge in [0.25, 0.3) is 0 Å². The van der Waals surface area contributed by atoms with E-state index in [0.717, 1.165) is 4.88 Å². The van der Waals surface area contributed by atoms with Crippen LogP contribution in [0.1, 0.15) is 35.3 Å². The van der Waals surface area contributed by atoms with Gasteiger partial charge in [-0.2, -0.15) is 0 Å². The molecule has 0 saturated carbocycles. The van der Waals surface area contributed by atoms with Crippen molar-refractivity contribution in [1.29, 1.82) is 0 Å². The summed E-state index contributed by atoms with van der Waals surface area (Å²) >= 11 is 1.41. The minimum absolute atomic E-state index is 0.0385. The van der Waals surface area contributed by atoms with Crippen LogP contribution in [0, 0.1) is 0 Å². The maximum absolute atomic E-state index is 11.4. The van der Waals surface area contributed by atoms with Crippen molar-refractivity contribution in [3.63, 3.8) is 0 Å². The maximum atomic E-state index is 11.4. The quantitative estimate of drug-likeness (QED) is 0.628. The van der Waals surface area contributed by atoms with E-state index in [1.165, 1.54) is 18.3 Å². The summed E-state index contributed by atoms with van der Waals surface area (Å²) < 4.78 is 0. The predicted molar refractivity (Wildman–Crippen MR) is 74.3 cm³/mol. The van der Waals surface area contributed by atoms with Crippen LogP contribution in [-0.4, -0.2) is 30.2 Å². The fourth-order valence-corrected chi connectivity index (χ4v) is 2.31. The van der Waals surface area contributed by atoms with Gasteiger partial charge < -0.3 is 10.6 Å². The highest BCUT2D eigenvalue weighted by Crippen LogP contribution is 2.16. The SMILES string of the molecule is CC(=O)c1ccc(CCNC(=O)C(=O)NC(C)C)s1. The maximum Gasteiger partial charge on any atom is 0.309 e. The van der Waals surface area contributed by atoms with Crippen molar-refractivity contribution in [2.45, 2.75) is 33.2 Å². The number of Topliss-reactive ketones (excluding diaryl/α,β-unsaturated/α-hetero) is 1. The Morgan fingerprint density at radius 3 is 2.42 bits per heavy atom. The topological polar surface area (TPSA) is 75.3 Å². The van der Waals surface area contributed by atoms with Gasteiger partial charge in [0, 0.05) is 17.5 Å². The van der Waals surface area contributed by atoms with Gasteiger partial charge in [0.2, 0.25) is 0 Å². The molecule has 1 rings (SSSR count). The Morgan fingerprint density at radius 2 is 1.89 bits per heavy atom. The molecule has 1 aromatic rings. The van der Waals surface area contributed by atoms with E-state index >= 15 is 0 Å². The Balaban J connectivity index is 2.35. The van der Waals surface area contributed by atoms with Crippen LogP contribution < -0.4 is 10.6 Å². The highest BCUT2D eigenvalue weighted by Gasteiger charge is 2.13. The van der Waals surface area contributed by atoms with Crippen LogP contribution >= 0.6 is 11.3 Å². The van der Waals surface area contributed by atoms with Gasteiger partial charge in [-0.25, -0.2) is 0 Å². The molecular formula is C13H18N2O3S. The number of rotatable bonds is 5. The number of carbonyl (C=O) groups excluding carboxylic acids is 3. The zero-order chi connectivity index (χ0) is 14.4. The number of thiophene rings is 1. The first kappa shape index (κ1) is 15.4. The number of nitrogens with one attached hydrogen (secondary N) is 2. The first-order chi connectivity index (χ1) is 8.90. The molecule has 0 atom stereocenters. The van der Waals surface area contributed by atoms with Crippen molar-refractivity contribution in [1.82, 2.24) is 10.6 Å². The Morgan fingerprint density at radius 1 is 1.21 bits per heavy atom. The van der Waals surface area contributed by atoms with Crippen LogP contribution in [0.15, 0.2) is 12.1 Å². The van der Waals surface area contributed by atoms with Crippen LogP contribution in [0.25, 0.3) is 0 Å². The van der Waals surface area contributed by atoms with E-state index in [4.69, 9.17) is 0 Å². The molecule has 19 heavy (non-hydrogen) atoms. The van der Waals surface area contributed by atoms with Crippen molar-refractivity contribution in [3.05, 3.63) is 21.9 Å². The highest BCUT2D eigenvalue weighted by atomic mass is 32.1. The lowest BCUT2D eigenvalue weighted by Gasteiger charge is -2.08. The minimum atomic E-state index is -0.628. The number of hydrogen-bond donors (Lipinski definition) is 2. The van der Waals surface area contributed by atoms with Crippen molar-refractivity contribution >= 4 is 28.9 Å². The summed E-state index contributed by atoms with van der Waals surface area (Å²) in [5, 5.41) is 5.06. The molecule has 0 bridgehead atoms. The number of ketones is 1. The molecule has 0 aromatic carbocycles. The highest BCUT2D eigenvalue weighted by molar-refractivity contribution is 7.14. The largest absolute Gasteiger partial charge is 0.347 e. The summed E-state index contributed by atoms with van der Waals surface area (Å²) in [6.45, 7) is 5.48. The third-order valence-electron chi connectivity index (χ3n) is 2.29. The van der Waals surface area contributed by atoms with E-state index in [1.807, 2.05) is 6.07 Å². The summed E-state index contributed by atoms with van der Waals surface area (Å²) in [4.78, 5) is 35.6. The lowest BCUT2D eigenvalue weighted by molar-refractivity contribution is -0.139. The van der Waals surface area contributed by atoms with Crippen molar-refractivity contribution in [2.24, 2.45) is 0 Å². The fourth-order valence-electron chi connectivity index (χ4n) is 1.41. The van der Waals surface area contributed by atoms with Crippen LogP contribution in [0.4, 0.5) is 0 Å². The molecule has 1 aromatic heterocycles. The predicted octanol–water partition coefficient (Wildman–Crippen LogP) is 1.13. The van der Waals surface area contributed by atoms with Gasteiger partial charge >= 0.3 is 11.8 Å². The number of hydrogen-bond acceptors (Lipinski definition) is 4. The van der Waals surface area contributed by atoms with Crippen LogP contribution in [0.2, 0.25) is 0 Å². The van der Waals surface area contributed by atoms with Gasteiger partial charge in [-0.15, -0.1) is 11.3 Å². The van der Waals surface area contributed by atoms with Gasteiger partial charge in [0.15, 0.2) is 5.78 Å². The zero-order valence-electron chi connectivity index (χ0n) is 11.3. The third-order valence-corrected chi connectivity index (χ3v) is 3.54. The molecule has 104 valence electrons. The molecule has 2 N–H and O–H groups in total. The van der Waals surface area contributed by atoms with E-state index in [9.17, 15) is 14.4 Å². The smallest absolute Gasteiger partial charge is 0.309 e. The second-order valence-electron chi connectivity index (χ2n) is 4.46. The average Bonchev–Trinajstić information content (AvgIpc) is 2.76. The van der Waals surface area contributed by atoms with E-state index in [-0.39, 0.29) is 11.8 Å². The van der Waals surface area contributed by atoms with Crippen molar-refractivity contribution in [3.8, 4) is 0 Å². The molecule has 6 heteroatoms. The molecule has 0 fully saturated rings. The van der Waals surface area contributed by atoms with E-state index in [0.29, 0.717) is 17.8 Å².